The van der Waals surface area contributed by atoms with Crippen LogP contribution in [0.1, 0.15) is 26.3 Å². The third-order valence-electron chi connectivity index (χ3n) is 1.92. The third-order valence-corrected chi connectivity index (χ3v) is 2.05. The standard InChI is InChI=1S/C13H16ClNO3/c1-13(2,3)18-12(17)15-10-6-4-5-9(7-10)8-11(14)16/h4-7H,8H2,1-3H3,(H,15,17). The Kier molecular flexibility index (Phi) is 4.73. The summed E-state index contributed by atoms with van der Waals surface area (Å²) in [6.45, 7) is 5.36. The quantitative estimate of drug-likeness (QED) is 0.856. The Morgan fingerprint density at radius 2 is 2.00 bits per heavy atom. The number of anilines is 1. The first-order valence-corrected chi connectivity index (χ1v) is 5.91. The Hall–Kier alpha value is -1.55. The fraction of sp³-hybridized carbons (Fsp3) is 0.385. The van der Waals surface area contributed by atoms with Gasteiger partial charge in [0, 0.05) is 12.1 Å². The molecule has 0 unspecified atom stereocenters. The molecule has 0 heterocycles. The number of halogens is 1. The lowest BCUT2D eigenvalue weighted by Crippen LogP contribution is -2.27. The highest BCUT2D eigenvalue weighted by molar-refractivity contribution is 6.63. The van der Waals surface area contributed by atoms with Gasteiger partial charge in [0.25, 0.3) is 0 Å². The zero-order valence-electron chi connectivity index (χ0n) is 10.6. The van der Waals surface area contributed by atoms with Crippen molar-refractivity contribution in [3.8, 4) is 0 Å². The average molecular weight is 270 g/mol. The lowest BCUT2D eigenvalue weighted by atomic mass is 10.1. The molecule has 0 aliphatic rings. The lowest BCUT2D eigenvalue weighted by Gasteiger charge is -2.19. The van der Waals surface area contributed by atoms with E-state index in [1.165, 1.54) is 0 Å². The van der Waals surface area contributed by atoms with Crippen LogP contribution in [0.4, 0.5) is 10.5 Å². The minimum Gasteiger partial charge on any atom is -0.444 e. The van der Waals surface area contributed by atoms with Gasteiger partial charge in [0.2, 0.25) is 5.24 Å². The highest BCUT2D eigenvalue weighted by Crippen LogP contribution is 2.14. The van der Waals surface area contributed by atoms with Crippen LogP contribution in [-0.4, -0.2) is 16.9 Å². The van der Waals surface area contributed by atoms with E-state index in [4.69, 9.17) is 16.3 Å². The summed E-state index contributed by atoms with van der Waals surface area (Å²) in [5.41, 5.74) is 0.761. The summed E-state index contributed by atoms with van der Waals surface area (Å²) in [5, 5.41) is 2.16. The van der Waals surface area contributed by atoms with Crippen LogP contribution in [0.25, 0.3) is 0 Å². The molecular formula is C13H16ClNO3. The zero-order valence-corrected chi connectivity index (χ0v) is 11.4. The largest absolute Gasteiger partial charge is 0.444 e. The minimum absolute atomic E-state index is 0.130. The molecule has 0 spiro atoms. The molecule has 98 valence electrons. The van der Waals surface area contributed by atoms with Crippen molar-refractivity contribution in [3.63, 3.8) is 0 Å². The van der Waals surface area contributed by atoms with Crippen molar-refractivity contribution in [3.05, 3.63) is 29.8 Å². The summed E-state index contributed by atoms with van der Waals surface area (Å²) in [6.07, 6.45) is -0.400. The van der Waals surface area contributed by atoms with Crippen molar-refractivity contribution in [1.29, 1.82) is 0 Å². The number of ether oxygens (including phenoxy) is 1. The predicted molar refractivity (Wildman–Crippen MR) is 70.9 cm³/mol. The van der Waals surface area contributed by atoms with E-state index in [0.29, 0.717) is 5.69 Å². The second-order valence-electron chi connectivity index (χ2n) is 4.86. The smallest absolute Gasteiger partial charge is 0.412 e. The number of hydrogen-bond donors (Lipinski definition) is 1. The summed E-state index contributed by atoms with van der Waals surface area (Å²) in [7, 11) is 0. The maximum atomic E-state index is 11.5. The van der Waals surface area contributed by atoms with Crippen LogP contribution in [0.5, 0.6) is 0 Å². The van der Waals surface area contributed by atoms with Crippen molar-refractivity contribution in [2.45, 2.75) is 32.8 Å². The summed E-state index contributed by atoms with van der Waals surface area (Å²) in [5.74, 6) is 0. The molecule has 0 saturated heterocycles. The van der Waals surface area contributed by atoms with Gasteiger partial charge in [-0.25, -0.2) is 4.79 Å². The maximum absolute atomic E-state index is 11.5. The van der Waals surface area contributed by atoms with Crippen molar-refractivity contribution >= 4 is 28.6 Å². The molecule has 4 nitrogen and oxygen atoms in total. The van der Waals surface area contributed by atoms with Gasteiger partial charge in [-0.15, -0.1) is 0 Å². The van der Waals surface area contributed by atoms with E-state index in [0.717, 1.165) is 5.56 Å². The van der Waals surface area contributed by atoms with E-state index in [1.54, 1.807) is 45.0 Å². The van der Waals surface area contributed by atoms with Crippen molar-refractivity contribution < 1.29 is 14.3 Å². The van der Waals surface area contributed by atoms with Gasteiger partial charge in [-0.05, 0) is 50.1 Å². The SMILES string of the molecule is CC(C)(C)OC(=O)Nc1cccc(CC(=O)Cl)c1. The molecule has 1 rings (SSSR count). The Bertz CT molecular complexity index is 452. The number of carbonyl (C=O) groups is 2. The molecule has 5 heteroatoms. The summed E-state index contributed by atoms with van der Waals surface area (Å²) in [6, 6.07) is 6.90. The molecule has 1 amide bonds. The molecule has 0 aliphatic heterocycles. The van der Waals surface area contributed by atoms with Crippen LogP contribution >= 0.6 is 11.6 Å². The second kappa shape index (κ2) is 5.87. The van der Waals surface area contributed by atoms with Crippen LogP contribution in [0, 0.1) is 0 Å². The molecule has 18 heavy (non-hydrogen) atoms. The predicted octanol–water partition coefficient (Wildman–Crippen LogP) is 3.34. The van der Waals surface area contributed by atoms with Gasteiger partial charge < -0.3 is 4.74 Å². The van der Waals surface area contributed by atoms with Gasteiger partial charge >= 0.3 is 6.09 Å². The minimum atomic E-state index is -0.548. The summed E-state index contributed by atoms with van der Waals surface area (Å²) in [4.78, 5) is 22.3. The first kappa shape index (κ1) is 14.5. The molecule has 0 aromatic heterocycles. The van der Waals surface area contributed by atoms with E-state index in [-0.39, 0.29) is 6.42 Å². The molecule has 0 fully saturated rings. The van der Waals surface area contributed by atoms with Gasteiger partial charge in [0.05, 0.1) is 0 Å². The van der Waals surface area contributed by atoms with Gasteiger partial charge in [0.15, 0.2) is 0 Å². The van der Waals surface area contributed by atoms with Crippen LogP contribution in [0.3, 0.4) is 0 Å². The van der Waals surface area contributed by atoms with Crippen molar-refractivity contribution in [2.75, 3.05) is 5.32 Å². The number of hydrogen-bond acceptors (Lipinski definition) is 3. The lowest BCUT2D eigenvalue weighted by molar-refractivity contribution is -0.111. The van der Waals surface area contributed by atoms with Gasteiger partial charge in [-0.3, -0.25) is 10.1 Å². The van der Waals surface area contributed by atoms with Crippen LogP contribution in [-0.2, 0) is 16.0 Å². The molecule has 0 radical (unpaired) electrons. The van der Waals surface area contributed by atoms with Crippen molar-refractivity contribution in [1.82, 2.24) is 0 Å². The van der Waals surface area contributed by atoms with Gasteiger partial charge in [-0.2, -0.15) is 0 Å². The van der Waals surface area contributed by atoms with Gasteiger partial charge in [0.1, 0.15) is 5.60 Å². The van der Waals surface area contributed by atoms with E-state index < -0.39 is 16.9 Å². The Morgan fingerprint density at radius 1 is 1.33 bits per heavy atom. The first-order valence-electron chi connectivity index (χ1n) is 5.53. The molecule has 1 aromatic carbocycles. The Balaban J connectivity index is 2.67. The number of rotatable bonds is 3. The summed E-state index contributed by atoms with van der Waals surface area (Å²) >= 11 is 5.31. The molecular weight excluding hydrogens is 254 g/mol. The van der Waals surface area contributed by atoms with Crippen molar-refractivity contribution in [2.24, 2.45) is 0 Å². The average Bonchev–Trinajstić information content (AvgIpc) is 2.13. The van der Waals surface area contributed by atoms with Crippen LogP contribution in [0.15, 0.2) is 24.3 Å². The fourth-order valence-electron chi connectivity index (χ4n) is 1.34. The summed E-state index contributed by atoms with van der Waals surface area (Å²) < 4.78 is 5.12. The topological polar surface area (TPSA) is 55.4 Å². The molecule has 0 saturated carbocycles. The molecule has 1 aromatic rings. The fourth-order valence-corrected chi connectivity index (χ4v) is 1.50. The van der Waals surface area contributed by atoms with E-state index in [1.807, 2.05) is 0 Å². The van der Waals surface area contributed by atoms with E-state index in [2.05, 4.69) is 5.32 Å². The second-order valence-corrected chi connectivity index (χ2v) is 5.28. The number of carbonyl (C=O) groups excluding carboxylic acids is 2. The normalized spacial score (nSPS) is 10.9. The van der Waals surface area contributed by atoms with E-state index >= 15 is 0 Å². The van der Waals surface area contributed by atoms with Gasteiger partial charge in [-0.1, -0.05) is 12.1 Å². The number of nitrogens with one attached hydrogen (secondary N) is 1. The maximum Gasteiger partial charge on any atom is 0.412 e. The highest BCUT2D eigenvalue weighted by atomic mass is 35.5. The van der Waals surface area contributed by atoms with Crippen LogP contribution in [0.2, 0.25) is 0 Å². The first-order chi connectivity index (χ1) is 8.26. The Labute approximate surface area is 111 Å². The molecule has 0 aliphatic carbocycles. The van der Waals surface area contributed by atoms with E-state index in [9.17, 15) is 9.59 Å². The third kappa shape index (κ3) is 5.68. The number of amides is 1. The number of benzene rings is 1. The Morgan fingerprint density at radius 3 is 2.56 bits per heavy atom. The molecule has 0 bridgehead atoms. The highest BCUT2D eigenvalue weighted by Gasteiger charge is 2.16. The molecule has 1 N–H and O–H groups in total. The zero-order chi connectivity index (χ0) is 13.8. The monoisotopic (exact) mass is 269 g/mol. The molecule has 0 atom stereocenters. The van der Waals surface area contributed by atoms with Crippen LogP contribution < -0.4 is 5.32 Å².